The van der Waals surface area contributed by atoms with Crippen molar-refractivity contribution in [1.29, 1.82) is 0 Å². The maximum Gasteiger partial charge on any atom is 0.264 e. The van der Waals surface area contributed by atoms with E-state index < -0.39 is 28.5 Å². The van der Waals surface area contributed by atoms with Crippen LogP contribution >= 0.6 is 0 Å². The molecular formula is C31H37N3O5S. The van der Waals surface area contributed by atoms with Gasteiger partial charge in [0.2, 0.25) is 11.8 Å². The number of rotatable bonds is 11. The Balaban J connectivity index is 1.70. The van der Waals surface area contributed by atoms with Crippen LogP contribution in [0.4, 0.5) is 5.69 Å². The zero-order valence-electron chi connectivity index (χ0n) is 23.2. The van der Waals surface area contributed by atoms with Gasteiger partial charge in [-0.2, -0.15) is 0 Å². The van der Waals surface area contributed by atoms with Crippen molar-refractivity contribution in [3.05, 3.63) is 90.0 Å². The maximum atomic E-state index is 14.1. The first kappa shape index (κ1) is 29.1. The minimum absolute atomic E-state index is 0.0472. The summed E-state index contributed by atoms with van der Waals surface area (Å²) in [5.74, 6) is -0.435. The molecule has 1 fully saturated rings. The Morgan fingerprint density at radius 3 is 2.33 bits per heavy atom. The van der Waals surface area contributed by atoms with Crippen molar-refractivity contribution in [2.24, 2.45) is 0 Å². The van der Waals surface area contributed by atoms with Crippen LogP contribution in [0.25, 0.3) is 0 Å². The number of nitrogens with zero attached hydrogens (tertiary/aromatic N) is 2. The molecule has 3 aromatic carbocycles. The number of hydrogen-bond donors (Lipinski definition) is 1. The van der Waals surface area contributed by atoms with Crippen molar-refractivity contribution in [3.8, 4) is 5.75 Å². The summed E-state index contributed by atoms with van der Waals surface area (Å²) >= 11 is 0. The predicted molar refractivity (Wildman–Crippen MR) is 156 cm³/mol. The molecule has 0 saturated heterocycles. The maximum absolute atomic E-state index is 14.1. The minimum atomic E-state index is -4.15. The molecule has 1 saturated carbocycles. The van der Waals surface area contributed by atoms with Crippen LogP contribution in [0, 0.1) is 6.92 Å². The van der Waals surface area contributed by atoms with Gasteiger partial charge in [0.15, 0.2) is 0 Å². The van der Waals surface area contributed by atoms with Gasteiger partial charge in [-0.3, -0.25) is 13.9 Å². The monoisotopic (exact) mass is 563 g/mol. The second-order valence-corrected chi connectivity index (χ2v) is 12.0. The van der Waals surface area contributed by atoms with Gasteiger partial charge in [-0.05, 0) is 56.5 Å². The van der Waals surface area contributed by atoms with E-state index in [0.717, 1.165) is 41.1 Å². The zero-order chi connectivity index (χ0) is 28.7. The number of anilines is 1. The van der Waals surface area contributed by atoms with Gasteiger partial charge in [0.05, 0.1) is 17.7 Å². The van der Waals surface area contributed by atoms with Crippen LogP contribution in [0.2, 0.25) is 0 Å². The molecule has 9 heteroatoms. The van der Waals surface area contributed by atoms with Gasteiger partial charge in [0, 0.05) is 12.6 Å². The largest absolute Gasteiger partial charge is 0.495 e. The quantitative estimate of drug-likeness (QED) is 0.366. The molecule has 0 aliphatic heterocycles. The molecule has 0 unspecified atom stereocenters. The van der Waals surface area contributed by atoms with E-state index in [1.807, 2.05) is 31.2 Å². The highest BCUT2D eigenvalue weighted by molar-refractivity contribution is 7.92. The van der Waals surface area contributed by atoms with Crippen LogP contribution < -0.4 is 14.4 Å². The number of ether oxygens (including phenoxy) is 1. The van der Waals surface area contributed by atoms with Gasteiger partial charge in [-0.15, -0.1) is 0 Å². The lowest BCUT2D eigenvalue weighted by Gasteiger charge is -2.33. The lowest BCUT2D eigenvalue weighted by atomic mass is 10.1. The summed E-state index contributed by atoms with van der Waals surface area (Å²) in [5, 5.41) is 3.09. The summed E-state index contributed by atoms with van der Waals surface area (Å²) in [6.45, 7) is 3.30. The Hall–Kier alpha value is -3.85. The van der Waals surface area contributed by atoms with Gasteiger partial charge in [-0.25, -0.2) is 8.42 Å². The molecule has 1 N–H and O–H groups in total. The van der Waals surface area contributed by atoms with Crippen molar-refractivity contribution in [1.82, 2.24) is 10.2 Å². The Morgan fingerprint density at radius 1 is 0.975 bits per heavy atom. The van der Waals surface area contributed by atoms with Crippen molar-refractivity contribution < 1.29 is 22.7 Å². The van der Waals surface area contributed by atoms with Crippen LogP contribution in [0.5, 0.6) is 5.75 Å². The van der Waals surface area contributed by atoms with Gasteiger partial charge in [0.1, 0.15) is 18.3 Å². The minimum Gasteiger partial charge on any atom is -0.495 e. The van der Waals surface area contributed by atoms with Crippen LogP contribution in [0.15, 0.2) is 83.8 Å². The number of para-hydroxylation sites is 2. The lowest BCUT2D eigenvalue weighted by Crippen LogP contribution is -2.52. The molecular weight excluding hydrogens is 526 g/mol. The average Bonchev–Trinajstić information content (AvgIpc) is 3.47. The normalized spacial score (nSPS) is 14.4. The second-order valence-electron chi connectivity index (χ2n) is 10.2. The third-order valence-corrected chi connectivity index (χ3v) is 9.04. The molecule has 1 aliphatic carbocycles. The summed E-state index contributed by atoms with van der Waals surface area (Å²) in [7, 11) is -2.70. The van der Waals surface area contributed by atoms with Crippen molar-refractivity contribution in [2.45, 2.75) is 63.1 Å². The Kier molecular flexibility index (Phi) is 9.47. The molecule has 8 nitrogen and oxygen atoms in total. The summed E-state index contributed by atoms with van der Waals surface area (Å²) in [6.07, 6.45) is 3.97. The first-order valence-corrected chi connectivity index (χ1v) is 15.0. The molecule has 0 aromatic heterocycles. The number of nitrogens with one attached hydrogen (secondary N) is 1. The number of hydrogen-bond acceptors (Lipinski definition) is 5. The summed E-state index contributed by atoms with van der Waals surface area (Å²) in [5.41, 5.74) is 2.11. The lowest BCUT2D eigenvalue weighted by molar-refractivity contribution is -0.139. The fourth-order valence-electron chi connectivity index (χ4n) is 5.05. The van der Waals surface area contributed by atoms with Gasteiger partial charge < -0.3 is 15.0 Å². The molecule has 1 atom stereocenters. The molecule has 40 heavy (non-hydrogen) atoms. The smallest absolute Gasteiger partial charge is 0.264 e. The van der Waals surface area contributed by atoms with E-state index in [-0.39, 0.29) is 29.1 Å². The van der Waals surface area contributed by atoms with Gasteiger partial charge >= 0.3 is 0 Å². The molecule has 2 amide bonds. The summed E-state index contributed by atoms with van der Waals surface area (Å²) in [6, 6.07) is 21.7. The van der Waals surface area contributed by atoms with E-state index in [1.165, 1.54) is 24.1 Å². The molecule has 0 radical (unpaired) electrons. The Morgan fingerprint density at radius 2 is 1.65 bits per heavy atom. The van der Waals surface area contributed by atoms with E-state index in [9.17, 15) is 18.0 Å². The van der Waals surface area contributed by atoms with E-state index in [4.69, 9.17) is 4.74 Å². The first-order valence-electron chi connectivity index (χ1n) is 13.6. The summed E-state index contributed by atoms with van der Waals surface area (Å²) < 4.78 is 34.4. The summed E-state index contributed by atoms with van der Waals surface area (Å²) in [4.78, 5) is 28.9. The number of methoxy groups -OCH3 is 1. The molecule has 3 aromatic rings. The predicted octanol–water partition coefficient (Wildman–Crippen LogP) is 4.68. The number of benzene rings is 3. The van der Waals surface area contributed by atoms with Crippen LogP contribution in [-0.2, 0) is 26.2 Å². The third kappa shape index (κ3) is 6.83. The standard InChI is InChI=1S/C31H37N3O5S/c1-23-12-11-13-25(20-23)21-33(24(2)31(36)32-26-14-7-8-15-26)30(35)22-34(28-18-9-10-19-29(28)39-3)40(37,38)27-16-5-4-6-17-27/h4-6,9-13,16-20,24,26H,7-8,14-15,21-22H2,1-3H3,(H,32,36)/t24-/m1/s1. The topological polar surface area (TPSA) is 96.0 Å². The van der Waals surface area contributed by atoms with Gasteiger partial charge in [-0.1, -0.05) is 73.0 Å². The highest BCUT2D eigenvalue weighted by atomic mass is 32.2. The average molecular weight is 564 g/mol. The van der Waals surface area contributed by atoms with Crippen molar-refractivity contribution in [2.75, 3.05) is 18.0 Å². The Labute approximate surface area is 237 Å². The number of sulfonamides is 1. The number of amides is 2. The highest BCUT2D eigenvalue weighted by Crippen LogP contribution is 2.32. The number of aryl methyl sites for hydroxylation is 1. The molecule has 1 aliphatic rings. The zero-order valence-corrected chi connectivity index (χ0v) is 24.1. The fourth-order valence-corrected chi connectivity index (χ4v) is 6.50. The van der Waals surface area contributed by atoms with E-state index in [2.05, 4.69) is 5.32 Å². The molecule has 0 heterocycles. The molecule has 0 spiro atoms. The van der Waals surface area contributed by atoms with Crippen molar-refractivity contribution in [3.63, 3.8) is 0 Å². The Bertz CT molecular complexity index is 1420. The highest BCUT2D eigenvalue weighted by Gasteiger charge is 2.34. The van der Waals surface area contributed by atoms with E-state index in [0.29, 0.717) is 5.75 Å². The SMILES string of the molecule is COc1ccccc1N(CC(=O)N(Cc1cccc(C)c1)[C@H](C)C(=O)NC1CCCC1)S(=O)(=O)c1ccccc1. The second kappa shape index (κ2) is 13.0. The third-order valence-electron chi connectivity index (χ3n) is 7.27. The molecule has 212 valence electrons. The van der Waals surface area contributed by atoms with Crippen LogP contribution in [-0.4, -0.2) is 50.9 Å². The number of carbonyl (C=O) groups is 2. The fraction of sp³-hybridized carbons (Fsp3) is 0.355. The van der Waals surface area contributed by atoms with Crippen LogP contribution in [0.1, 0.15) is 43.7 Å². The van der Waals surface area contributed by atoms with Gasteiger partial charge in [0.25, 0.3) is 10.0 Å². The van der Waals surface area contributed by atoms with Crippen LogP contribution in [0.3, 0.4) is 0 Å². The van der Waals surface area contributed by atoms with E-state index in [1.54, 1.807) is 49.4 Å². The number of carbonyl (C=O) groups excluding carboxylic acids is 2. The molecule has 0 bridgehead atoms. The van der Waals surface area contributed by atoms with E-state index >= 15 is 0 Å². The first-order chi connectivity index (χ1) is 19.2. The molecule has 4 rings (SSSR count). The van der Waals surface area contributed by atoms with Crippen molar-refractivity contribution >= 4 is 27.5 Å².